The molecule has 27 heavy (non-hydrogen) atoms. The van der Waals surface area contributed by atoms with Crippen molar-refractivity contribution in [3.63, 3.8) is 0 Å². The van der Waals surface area contributed by atoms with Crippen molar-refractivity contribution in [3.8, 4) is 0 Å². The molecular weight excluding hydrogens is 359 g/mol. The first-order valence-corrected chi connectivity index (χ1v) is 8.21. The molecule has 0 saturated carbocycles. The molecule has 0 fully saturated rings. The van der Waals surface area contributed by atoms with Gasteiger partial charge in [0.15, 0.2) is 5.82 Å². The van der Waals surface area contributed by atoms with Crippen LogP contribution in [0.25, 0.3) is 11.0 Å². The minimum absolute atomic E-state index is 0.0515. The fourth-order valence-corrected chi connectivity index (χ4v) is 2.77. The molecule has 0 radical (unpaired) electrons. The Bertz CT molecular complexity index is 1080. The fourth-order valence-electron chi connectivity index (χ4n) is 2.77. The molecule has 140 valence electrons. The van der Waals surface area contributed by atoms with Gasteiger partial charge in [0.05, 0.1) is 17.5 Å². The molecule has 0 aliphatic rings. The van der Waals surface area contributed by atoms with Gasteiger partial charge in [0, 0.05) is 11.6 Å². The smallest absolute Gasteiger partial charge is 0.270 e. The first-order valence-electron chi connectivity index (χ1n) is 8.21. The third-order valence-electron chi connectivity index (χ3n) is 4.29. The molecule has 1 amide bonds. The number of H-pyrrole nitrogens is 1. The number of halogens is 3. The molecule has 0 saturated heterocycles. The minimum atomic E-state index is -1.01. The summed E-state index contributed by atoms with van der Waals surface area (Å²) in [5, 5.41) is 2.56. The lowest BCUT2D eigenvalue weighted by molar-refractivity contribution is -0.122. The van der Waals surface area contributed by atoms with E-state index in [1.54, 1.807) is 0 Å². The van der Waals surface area contributed by atoms with Crippen molar-refractivity contribution in [1.82, 2.24) is 15.3 Å². The molecule has 0 spiro atoms. The van der Waals surface area contributed by atoms with Crippen LogP contribution in [0.4, 0.5) is 13.2 Å². The highest BCUT2D eigenvalue weighted by atomic mass is 19.1. The zero-order valence-electron chi connectivity index (χ0n) is 14.5. The summed E-state index contributed by atoms with van der Waals surface area (Å²) in [6, 6.07) is 6.41. The number of hydrogen-bond acceptors (Lipinski definition) is 3. The zero-order valence-corrected chi connectivity index (χ0v) is 14.5. The van der Waals surface area contributed by atoms with E-state index in [-0.39, 0.29) is 22.3 Å². The highest BCUT2D eigenvalue weighted by Crippen LogP contribution is 2.20. The monoisotopic (exact) mass is 375 g/mol. The summed E-state index contributed by atoms with van der Waals surface area (Å²) in [6.45, 7) is 2.96. The van der Waals surface area contributed by atoms with Crippen LogP contribution < -0.4 is 10.9 Å². The number of benzene rings is 2. The van der Waals surface area contributed by atoms with Gasteiger partial charge < -0.3 is 10.3 Å². The molecule has 2 aromatic carbocycles. The van der Waals surface area contributed by atoms with Crippen LogP contribution in [-0.2, 0) is 4.79 Å². The minimum Gasteiger partial charge on any atom is -0.349 e. The van der Waals surface area contributed by atoms with Gasteiger partial charge in [0.25, 0.3) is 5.56 Å². The molecule has 0 aliphatic carbocycles. The fraction of sp³-hybridized carbons (Fsp3) is 0.211. The summed E-state index contributed by atoms with van der Waals surface area (Å²) in [5.74, 6) is -3.75. The van der Waals surface area contributed by atoms with Crippen molar-refractivity contribution in [2.24, 2.45) is 0 Å². The summed E-state index contributed by atoms with van der Waals surface area (Å²) in [6.07, 6.45) is 0. The third-order valence-corrected chi connectivity index (χ3v) is 4.29. The lowest BCUT2D eigenvalue weighted by Crippen LogP contribution is -2.34. The summed E-state index contributed by atoms with van der Waals surface area (Å²) < 4.78 is 40.8. The van der Waals surface area contributed by atoms with E-state index in [2.05, 4.69) is 15.3 Å². The molecule has 8 heteroatoms. The average molecular weight is 375 g/mol. The average Bonchev–Trinajstić information content (AvgIpc) is 2.60. The molecule has 1 aromatic heterocycles. The number of aromatic nitrogens is 2. The number of aromatic amines is 1. The topological polar surface area (TPSA) is 74.8 Å². The van der Waals surface area contributed by atoms with E-state index in [1.165, 1.54) is 38.1 Å². The Morgan fingerprint density at radius 3 is 2.56 bits per heavy atom. The van der Waals surface area contributed by atoms with E-state index in [0.29, 0.717) is 0 Å². The van der Waals surface area contributed by atoms with Crippen molar-refractivity contribution >= 4 is 16.9 Å². The number of fused-ring (bicyclic) bond motifs is 1. The number of hydrogen-bond donors (Lipinski definition) is 2. The Morgan fingerprint density at radius 1 is 1.11 bits per heavy atom. The number of carbonyl (C=O) groups excluding carboxylic acids is 1. The predicted molar refractivity (Wildman–Crippen MR) is 93.7 cm³/mol. The van der Waals surface area contributed by atoms with Crippen molar-refractivity contribution in [3.05, 3.63) is 75.5 Å². The summed E-state index contributed by atoms with van der Waals surface area (Å²) in [4.78, 5) is 31.2. The molecule has 3 rings (SSSR count). The normalized spacial score (nSPS) is 13.4. The van der Waals surface area contributed by atoms with Crippen LogP contribution in [-0.4, -0.2) is 15.9 Å². The second-order valence-corrected chi connectivity index (χ2v) is 6.20. The maximum atomic E-state index is 13.9. The maximum absolute atomic E-state index is 13.9. The van der Waals surface area contributed by atoms with Gasteiger partial charge in [-0.15, -0.1) is 0 Å². The number of nitrogens with one attached hydrogen (secondary N) is 2. The van der Waals surface area contributed by atoms with Crippen molar-refractivity contribution in [2.75, 3.05) is 0 Å². The van der Waals surface area contributed by atoms with Gasteiger partial charge in [0.1, 0.15) is 22.8 Å². The standard InChI is InChI=1S/C19H16F3N3O2/c1-9(16-19(27)24-15-5-3-4-13(21)17(15)25-16)18(26)23-10(2)12-7-6-11(20)8-14(12)22/h3-10H,1-2H3,(H,23,26)(H,24,27)/t9?,10-/m0/s1. The Hall–Kier alpha value is -3.16. The quantitative estimate of drug-likeness (QED) is 0.735. The van der Waals surface area contributed by atoms with Gasteiger partial charge in [-0.1, -0.05) is 12.1 Å². The van der Waals surface area contributed by atoms with E-state index in [0.717, 1.165) is 12.1 Å². The van der Waals surface area contributed by atoms with Gasteiger partial charge in [-0.25, -0.2) is 18.2 Å². The van der Waals surface area contributed by atoms with Gasteiger partial charge >= 0.3 is 0 Å². The van der Waals surface area contributed by atoms with Gasteiger partial charge in [-0.2, -0.15) is 0 Å². The van der Waals surface area contributed by atoms with Crippen LogP contribution in [0, 0.1) is 17.5 Å². The Kier molecular flexibility index (Phi) is 4.98. The number of amides is 1. The summed E-state index contributed by atoms with van der Waals surface area (Å²) in [5.41, 5.74) is -0.501. The number of nitrogens with zero attached hydrogens (tertiary/aromatic N) is 1. The van der Waals surface area contributed by atoms with E-state index in [4.69, 9.17) is 0 Å². The zero-order chi connectivity index (χ0) is 19.7. The predicted octanol–water partition coefficient (Wildman–Crippen LogP) is 3.32. The molecule has 5 nitrogen and oxygen atoms in total. The lowest BCUT2D eigenvalue weighted by Gasteiger charge is -2.18. The molecule has 0 aliphatic heterocycles. The van der Waals surface area contributed by atoms with E-state index >= 15 is 0 Å². The highest BCUT2D eigenvalue weighted by molar-refractivity contribution is 5.84. The lowest BCUT2D eigenvalue weighted by atomic mass is 10.0. The SMILES string of the molecule is CC(C(=O)N[C@@H](C)c1ccc(F)cc1F)c1nc2c(F)cccc2[nH]c1=O. The molecule has 0 bridgehead atoms. The van der Waals surface area contributed by atoms with Crippen LogP contribution in [0.5, 0.6) is 0 Å². The van der Waals surface area contributed by atoms with Crippen molar-refractivity contribution < 1.29 is 18.0 Å². The summed E-state index contributed by atoms with van der Waals surface area (Å²) >= 11 is 0. The van der Waals surface area contributed by atoms with Gasteiger partial charge in [-0.3, -0.25) is 9.59 Å². The Morgan fingerprint density at radius 2 is 1.85 bits per heavy atom. The maximum Gasteiger partial charge on any atom is 0.270 e. The number of para-hydroxylation sites is 1. The van der Waals surface area contributed by atoms with Crippen molar-refractivity contribution in [2.45, 2.75) is 25.8 Å². The van der Waals surface area contributed by atoms with Gasteiger partial charge in [0.2, 0.25) is 5.91 Å². The van der Waals surface area contributed by atoms with Crippen LogP contribution in [0.3, 0.4) is 0 Å². The first-order chi connectivity index (χ1) is 12.8. The molecule has 2 N–H and O–H groups in total. The van der Waals surface area contributed by atoms with Crippen LogP contribution in [0.2, 0.25) is 0 Å². The van der Waals surface area contributed by atoms with Crippen LogP contribution in [0.15, 0.2) is 41.2 Å². The van der Waals surface area contributed by atoms with Gasteiger partial charge in [-0.05, 0) is 32.0 Å². The second-order valence-electron chi connectivity index (χ2n) is 6.20. The summed E-state index contributed by atoms with van der Waals surface area (Å²) in [7, 11) is 0. The van der Waals surface area contributed by atoms with Crippen LogP contribution >= 0.6 is 0 Å². The second kappa shape index (κ2) is 7.22. The van der Waals surface area contributed by atoms with Crippen LogP contribution in [0.1, 0.15) is 37.1 Å². The molecule has 1 unspecified atom stereocenters. The van der Waals surface area contributed by atoms with E-state index in [9.17, 15) is 22.8 Å². The Labute approximate surface area is 152 Å². The Balaban J connectivity index is 1.87. The first kappa shape index (κ1) is 18.6. The largest absolute Gasteiger partial charge is 0.349 e. The number of rotatable bonds is 4. The van der Waals surface area contributed by atoms with E-state index in [1.807, 2.05) is 0 Å². The van der Waals surface area contributed by atoms with Crippen molar-refractivity contribution in [1.29, 1.82) is 0 Å². The molecular formula is C19H16F3N3O2. The number of carbonyl (C=O) groups is 1. The molecule has 3 aromatic rings. The van der Waals surface area contributed by atoms with E-state index < -0.39 is 40.9 Å². The highest BCUT2D eigenvalue weighted by Gasteiger charge is 2.24. The molecule has 2 atom stereocenters. The molecule has 1 heterocycles. The third kappa shape index (κ3) is 3.69.